The molecular weight excluding hydrogens is 330 g/mol. The summed E-state index contributed by atoms with van der Waals surface area (Å²) >= 11 is 1.90. The highest BCUT2D eigenvalue weighted by Crippen LogP contribution is 2.39. The second-order valence-corrected chi connectivity index (χ2v) is 7.80. The second-order valence-electron chi connectivity index (χ2n) is 6.71. The number of rotatable bonds is 2. The molecule has 4 heterocycles. The van der Waals surface area contributed by atoms with E-state index in [-0.39, 0.29) is 0 Å². The van der Waals surface area contributed by atoms with Crippen LogP contribution in [0, 0.1) is 0 Å². The molecule has 5 rings (SSSR count). The molecule has 3 aromatic heterocycles. The molecule has 0 saturated carbocycles. The van der Waals surface area contributed by atoms with Crippen LogP contribution in [0.5, 0.6) is 0 Å². The second kappa shape index (κ2) is 5.93. The van der Waals surface area contributed by atoms with Crippen LogP contribution in [0.1, 0.15) is 23.6 Å². The van der Waals surface area contributed by atoms with E-state index in [4.69, 9.17) is 9.72 Å². The fourth-order valence-electron chi connectivity index (χ4n) is 3.63. The van der Waals surface area contributed by atoms with Crippen molar-refractivity contribution in [3.05, 3.63) is 47.7 Å². The molecule has 0 unspecified atom stereocenters. The van der Waals surface area contributed by atoms with E-state index in [1.54, 1.807) is 0 Å². The summed E-state index contributed by atoms with van der Waals surface area (Å²) in [6.07, 6.45) is 8.20. The van der Waals surface area contributed by atoms with E-state index >= 15 is 0 Å². The molecule has 0 bridgehead atoms. The van der Waals surface area contributed by atoms with E-state index in [9.17, 15) is 0 Å². The molecule has 4 aromatic rings. The first-order chi connectivity index (χ1) is 12.3. The van der Waals surface area contributed by atoms with Crippen LogP contribution in [0.2, 0.25) is 0 Å². The van der Waals surface area contributed by atoms with Gasteiger partial charge in [0.05, 0.1) is 16.4 Å². The predicted octanol–water partition coefficient (Wildman–Crippen LogP) is 4.74. The van der Waals surface area contributed by atoms with Gasteiger partial charge in [-0.2, -0.15) is 5.10 Å². The fraction of sp³-hybridized carbons (Fsp3) is 0.300. The number of aromatic nitrogens is 3. The molecule has 1 aliphatic rings. The van der Waals surface area contributed by atoms with Gasteiger partial charge in [0, 0.05) is 53.9 Å². The van der Waals surface area contributed by atoms with Gasteiger partial charge in [-0.3, -0.25) is 9.67 Å². The summed E-state index contributed by atoms with van der Waals surface area (Å²) in [6, 6.07) is 8.88. The van der Waals surface area contributed by atoms with Crippen LogP contribution >= 0.6 is 11.3 Å². The molecule has 0 N–H and O–H groups in total. The third-order valence-electron chi connectivity index (χ3n) is 5.03. The smallest absolute Gasteiger partial charge is 0.0819 e. The molecule has 25 heavy (non-hydrogen) atoms. The SMILES string of the molecule is Cn1cc(-c2ccc3cnc4cc(C5CCOCC5)sc4c3c2)cn1. The van der Waals surface area contributed by atoms with Gasteiger partial charge in [0.15, 0.2) is 0 Å². The average Bonchev–Trinajstić information content (AvgIpc) is 3.28. The Morgan fingerprint density at radius 2 is 2.00 bits per heavy atom. The number of ether oxygens (including phenoxy) is 1. The summed E-state index contributed by atoms with van der Waals surface area (Å²) in [5.41, 5.74) is 3.46. The fourth-order valence-corrected chi connectivity index (χ4v) is 4.94. The molecule has 126 valence electrons. The Balaban J connectivity index is 1.66. The van der Waals surface area contributed by atoms with E-state index in [0.717, 1.165) is 37.1 Å². The number of hydrogen-bond donors (Lipinski definition) is 0. The van der Waals surface area contributed by atoms with E-state index in [2.05, 4.69) is 35.6 Å². The van der Waals surface area contributed by atoms with Gasteiger partial charge in [-0.1, -0.05) is 12.1 Å². The van der Waals surface area contributed by atoms with Gasteiger partial charge in [-0.25, -0.2) is 0 Å². The average molecular weight is 349 g/mol. The molecule has 0 radical (unpaired) electrons. The number of pyridine rings is 1. The molecule has 0 amide bonds. The van der Waals surface area contributed by atoms with Crippen LogP contribution in [0.15, 0.2) is 42.9 Å². The van der Waals surface area contributed by atoms with Crippen molar-refractivity contribution < 1.29 is 4.74 Å². The van der Waals surface area contributed by atoms with Crippen molar-refractivity contribution in [2.75, 3.05) is 13.2 Å². The first-order valence-corrected chi connectivity index (χ1v) is 9.48. The zero-order chi connectivity index (χ0) is 16.8. The standard InChI is InChI=1S/C20H19N3OS/c1-23-12-16(11-22-23)14-2-3-15-10-21-18-9-19(13-4-6-24-7-5-13)25-20(18)17(15)8-14/h2-3,8-13H,4-7H2,1H3. The van der Waals surface area contributed by atoms with Crippen LogP contribution in [-0.2, 0) is 11.8 Å². The Morgan fingerprint density at radius 3 is 2.80 bits per heavy atom. The highest BCUT2D eigenvalue weighted by atomic mass is 32.1. The molecule has 5 heteroatoms. The number of fused-ring (bicyclic) bond motifs is 3. The van der Waals surface area contributed by atoms with Crippen molar-refractivity contribution in [2.45, 2.75) is 18.8 Å². The van der Waals surface area contributed by atoms with Gasteiger partial charge in [-0.05, 0) is 36.5 Å². The normalized spacial score (nSPS) is 16.0. The zero-order valence-corrected chi connectivity index (χ0v) is 14.9. The molecule has 0 spiro atoms. The molecule has 1 saturated heterocycles. The summed E-state index contributed by atoms with van der Waals surface area (Å²) in [6.45, 7) is 1.75. The van der Waals surface area contributed by atoms with E-state index in [0.29, 0.717) is 5.92 Å². The lowest BCUT2D eigenvalue weighted by molar-refractivity contribution is 0.0860. The van der Waals surface area contributed by atoms with Crippen LogP contribution < -0.4 is 0 Å². The third-order valence-corrected chi connectivity index (χ3v) is 6.35. The van der Waals surface area contributed by atoms with E-state index in [1.807, 2.05) is 35.5 Å². The Bertz CT molecular complexity index is 1060. The Morgan fingerprint density at radius 1 is 1.12 bits per heavy atom. The number of hydrogen-bond acceptors (Lipinski definition) is 4. The zero-order valence-electron chi connectivity index (χ0n) is 14.1. The first kappa shape index (κ1) is 15.0. The van der Waals surface area contributed by atoms with Crippen molar-refractivity contribution in [1.82, 2.24) is 14.8 Å². The number of thiophene rings is 1. The summed E-state index contributed by atoms with van der Waals surface area (Å²) < 4.78 is 8.65. The van der Waals surface area contributed by atoms with Crippen LogP contribution in [0.3, 0.4) is 0 Å². The van der Waals surface area contributed by atoms with Crippen molar-refractivity contribution in [3.8, 4) is 11.1 Å². The number of nitrogens with zero attached hydrogens (tertiary/aromatic N) is 3. The van der Waals surface area contributed by atoms with Crippen LogP contribution in [0.4, 0.5) is 0 Å². The van der Waals surface area contributed by atoms with Gasteiger partial charge >= 0.3 is 0 Å². The Kier molecular flexibility index (Phi) is 3.57. The van der Waals surface area contributed by atoms with Crippen LogP contribution in [0.25, 0.3) is 32.1 Å². The van der Waals surface area contributed by atoms with Gasteiger partial charge < -0.3 is 4.74 Å². The maximum absolute atomic E-state index is 5.51. The maximum atomic E-state index is 5.51. The van der Waals surface area contributed by atoms with E-state index < -0.39 is 0 Å². The summed E-state index contributed by atoms with van der Waals surface area (Å²) in [5, 5.41) is 6.78. The van der Waals surface area contributed by atoms with Crippen molar-refractivity contribution in [3.63, 3.8) is 0 Å². The Labute approximate surface area is 150 Å². The molecule has 1 fully saturated rings. The van der Waals surface area contributed by atoms with Gasteiger partial charge in [0.1, 0.15) is 0 Å². The molecular formula is C20H19N3OS. The largest absolute Gasteiger partial charge is 0.381 e. The monoisotopic (exact) mass is 349 g/mol. The molecule has 0 aliphatic carbocycles. The summed E-state index contributed by atoms with van der Waals surface area (Å²) in [4.78, 5) is 6.14. The lowest BCUT2D eigenvalue weighted by atomic mass is 9.98. The van der Waals surface area contributed by atoms with Gasteiger partial charge in [0.2, 0.25) is 0 Å². The number of aryl methyl sites for hydroxylation is 1. The van der Waals surface area contributed by atoms with E-state index in [1.165, 1.54) is 25.9 Å². The quantitative estimate of drug-likeness (QED) is 0.524. The first-order valence-electron chi connectivity index (χ1n) is 8.67. The van der Waals surface area contributed by atoms with Crippen LogP contribution in [-0.4, -0.2) is 28.0 Å². The topological polar surface area (TPSA) is 39.9 Å². The van der Waals surface area contributed by atoms with Crippen molar-refractivity contribution >= 4 is 32.3 Å². The lowest BCUT2D eigenvalue weighted by Crippen LogP contribution is -2.12. The number of benzene rings is 1. The van der Waals surface area contributed by atoms with Crippen molar-refractivity contribution in [1.29, 1.82) is 0 Å². The Hall–Kier alpha value is -2.24. The summed E-state index contributed by atoms with van der Waals surface area (Å²) in [7, 11) is 1.95. The molecule has 4 nitrogen and oxygen atoms in total. The lowest BCUT2D eigenvalue weighted by Gasteiger charge is -2.20. The minimum atomic E-state index is 0.615. The van der Waals surface area contributed by atoms with Crippen molar-refractivity contribution in [2.24, 2.45) is 7.05 Å². The predicted molar refractivity (Wildman–Crippen MR) is 102 cm³/mol. The third kappa shape index (κ3) is 2.64. The molecule has 1 aromatic carbocycles. The van der Waals surface area contributed by atoms with Gasteiger partial charge in [-0.15, -0.1) is 11.3 Å². The molecule has 0 atom stereocenters. The molecule has 1 aliphatic heterocycles. The maximum Gasteiger partial charge on any atom is 0.0819 e. The summed E-state index contributed by atoms with van der Waals surface area (Å²) in [5.74, 6) is 0.615. The highest BCUT2D eigenvalue weighted by molar-refractivity contribution is 7.20. The highest BCUT2D eigenvalue weighted by Gasteiger charge is 2.19. The minimum Gasteiger partial charge on any atom is -0.381 e. The minimum absolute atomic E-state index is 0.615. The van der Waals surface area contributed by atoms with Gasteiger partial charge in [0.25, 0.3) is 0 Å².